The van der Waals surface area contributed by atoms with Crippen LogP contribution in [0.25, 0.3) is 0 Å². The van der Waals surface area contributed by atoms with Crippen LogP contribution >= 0.6 is 0 Å². The molecule has 31 heavy (non-hydrogen) atoms. The summed E-state index contributed by atoms with van der Waals surface area (Å²) in [5, 5.41) is 2.93. The average molecular weight is 420 g/mol. The molecule has 1 amide bonds. The summed E-state index contributed by atoms with van der Waals surface area (Å²) < 4.78 is 16.1. The maximum absolute atomic E-state index is 12.7. The van der Waals surface area contributed by atoms with Crippen molar-refractivity contribution < 1.29 is 19.0 Å². The fourth-order valence-electron chi connectivity index (χ4n) is 3.79. The second kappa shape index (κ2) is 11.0. The molecular formula is C24H29BN2O4. The van der Waals surface area contributed by atoms with Gasteiger partial charge in [0, 0.05) is 0 Å². The predicted octanol–water partition coefficient (Wildman–Crippen LogP) is 2.51. The van der Waals surface area contributed by atoms with Crippen molar-refractivity contribution in [1.82, 2.24) is 10.3 Å². The molecule has 0 saturated carbocycles. The fraction of sp³-hybridized carbons (Fsp3) is 0.375. The van der Waals surface area contributed by atoms with Crippen molar-refractivity contribution in [3.8, 4) is 5.88 Å². The molecule has 1 aromatic heterocycles. The zero-order valence-corrected chi connectivity index (χ0v) is 18.4. The number of hydrogen-bond donors (Lipinski definition) is 1. The van der Waals surface area contributed by atoms with Gasteiger partial charge in [-0.25, -0.2) is 0 Å². The molecule has 1 N–H and O–H groups in total. The molecule has 2 aromatic rings. The van der Waals surface area contributed by atoms with Gasteiger partial charge in [0.1, 0.15) is 0 Å². The van der Waals surface area contributed by atoms with Gasteiger partial charge >= 0.3 is 184 Å². The van der Waals surface area contributed by atoms with E-state index in [-0.39, 0.29) is 5.91 Å². The second-order valence-electron chi connectivity index (χ2n) is 7.54. The number of carbonyl (C=O) groups is 1. The van der Waals surface area contributed by atoms with E-state index in [1.54, 1.807) is 32.4 Å². The molecule has 0 radical (unpaired) electrons. The quantitative estimate of drug-likeness (QED) is 0.665. The number of carbonyl (C=O) groups excluding carboxylic acids is 1. The first-order chi connectivity index (χ1) is 15.1. The Hall–Kier alpha value is -2.77. The molecule has 162 valence electrons. The van der Waals surface area contributed by atoms with Crippen LogP contribution in [0, 0.1) is 6.92 Å². The van der Waals surface area contributed by atoms with Crippen LogP contribution in [-0.2, 0) is 16.1 Å². The molecule has 1 aliphatic heterocycles. The Morgan fingerprint density at radius 3 is 2.61 bits per heavy atom. The number of methoxy groups -OCH3 is 2. The van der Waals surface area contributed by atoms with E-state index in [0.717, 1.165) is 42.6 Å². The molecule has 0 unspecified atom stereocenters. The molecule has 6 nitrogen and oxygen atoms in total. The third-order valence-electron chi connectivity index (χ3n) is 5.55. The van der Waals surface area contributed by atoms with E-state index >= 15 is 0 Å². The monoisotopic (exact) mass is 420 g/mol. The van der Waals surface area contributed by atoms with E-state index < -0.39 is 0 Å². The van der Waals surface area contributed by atoms with Crippen LogP contribution in [-0.4, -0.2) is 50.8 Å². The van der Waals surface area contributed by atoms with Crippen LogP contribution < -0.4 is 15.5 Å². The van der Waals surface area contributed by atoms with Crippen LogP contribution in [0.1, 0.15) is 45.8 Å². The minimum atomic E-state index is -0.208. The van der Waals surface area contributed by atoms with Crippen LogP contribution in [0.2, 0.25) is 0 Å². The summed E-state index contributed by atoms with van der Waals surface area (Å²) in [7, 11) is 3.24. The molecule has 0 aliphatic carbocycles. The van der Waals surface area contributed by atoms with E-state index in [2.05, 4.69) is 23.8 Å². The first-order valence-electron chi connectivity index (χ1n) is 10.4. The van der Waals surface area contributed by atoms with Gasteiger partial charge in [-0.05, 0) is 0 Å². The van der Waals surface area contributed by atoms with Gasteiger partial charge in [-0.1, -0.05) is 0 Å². The summed E-state index contributed by atoms with van der Waals surface area (Å²) in [5.41, 5.74) is 5.28. The van der Waals surface area contributed by atoms with Crippen LogP contribution in [0.15, 0.2) is 43.1 Å². The van der Waals surface area contributed by atoms with Crippen molar-refractivity contribution >= 4 is 23.9 Å². The molecule has 1 fully saturated rings. The third-order valence-corrected chi connectivity index (χ3v) is 5.55. The van der Waals surface area contributed by atoms with Crippen molar-refractivity contribution in [3.05, 3.63) is 65.4 Å². The van der Waals surface area contributed by atoms with E-state index in [1.165, 1.54) is 5.56 Å². The number of rotatable bonds is 8. The third kappa shape index (κ3) is 5.68. The Bertz CT molecular complexity index is 951. The van der Waals surface area contributed by atoms with E-state index in [9.17, 15) is 4.79 Å². The number of nitrogens with one attached hydrogen (secondary N) is 1. The molecule has 1 saturated heterocycles. The van der Waals surface area contributed by atoms with Gasteiger partial charge in [-0.2, -0.15) is 0 Å². The SMILES string of the molecule is C=CC(=Bc1c(OC)ncc(C2CCOCC2)c1C)NC(=O)c1ccc(COC)cc1. The Morgan fingerprint density at radius 2 is 2.00 bits per heavy atom. The summed E-state index contributed by atoms with van der Waals surface area (Å²) in [4.78, 5) is 17.3. The normalized spacial score (nSPS) is 14.6. The fourth-order valence-corrected chi connectivity index (χ4v) is 3.79. The van der Waals surface area contributed by atoms with Gasteiger partial charge in [0.15, 0.2) is 0 Å². The molecule has 7 heteroatoms. The molecule has 2 heterocycles. The number of nitrogens with zero attached hydrogens (tertiary/aromatic N) is 1. The van der Waals surface area contributed by atoms with Crippen LogP contribution in [0.5, 0.6) is 5.88 Å². The molecule has 3 rings (SSSR count). The summed E-state index contributed by atoms with van der Waals surface area (Å²) in [6.45, 7) is 9.83. The van der Waals surface area contributed by atoms with Gasteiger partial charge in [-0.15, -0.1) is 0 Å². The zero-order valence-electron chi connectivity index (χ0n) is 18.4. The number of benzene rings is 1. The van der Waals surface area contributed by atoms with E-state index in [4.69, 9.17) is 14.2 Å². The molecule has 0 spiro atoms. The standard InChI is InChI=1S/C24H29BN2O4/c1-5-21(27-23(28)19-8-6-17(7-9-19)15-29-3)25-22-16(2)20(14-26-24(22)30-4)18-10-12-31-13-11-18/h5-9,14,18H,1,10-13,15H2,2-4H3,(H,27,28). The Balaban J connectivity index is 1.86. The van der Waals surface area contributed by atoms with Gasteiger partial charge in [0.2, 0.25) is 0 Å². The predicted molar refractivity (Wildman–Crippen MR) is 124 cm³/mol. The average Bonchev–Trinajstić information content (AvgIpc) is 2.80. The molecule has 0 bridgehead atoms. The van der Waals surface area contributed by atoms with Gasteiger partial charge in [0.05, 0.1) is 0 Å². The second-order valence-corrected chi connectivity index (χ2v) is 7.54. The zero-order chi connectivity index (χ0) is 22.2. The summed E-state index contributed by atoms with van der Waals surface area (Å²) in [5.74, 6) is 0.720. The van der Waals surface area contributed by atoms with Gasteiger partial charge in [0.25, 0.3) is 0 Å². The molecule has 1 aliphatic rings. The van der Waals surface area contributed by atoms with Crippen molar-refractivity contribution in [2.24, 2.45) is 0 Å². The Morgan fingerprint density at radius 1 is 1.29 bits per heavy atom. The van der Waals surface area contributed by atoms with Crippen molar-refractivity contribution in [2.45, 2.75) is 32.3 Å². The number of aromatic nitrogens is 1. The minimum absolute atomic E-state index is 0.208. The topological polar surface area (TPSA) is 69.7 Å². The Kier molecular flexibility index (Phi) is 8.15. The van der Waals surface area contributed by atoms with Gasteiger partial charge in [-0.3, -0.25) is 0 Å². The number of amides is 1. The summed E-state index contributed by atoms with van der Waals surface area (Å²) >= 11 is 0. The van der Waals surface area contributed by atoms with Crippen LogP contribution in [0.4, 0.5) is 0 Å². The summed E-state index contributed by atoms with van der Waals surface area (Å²) in [6, 6.07) is 7.32. The van der Waals surface area contributed by atoms with Crippen molar-refractivity contribution in [3.63, 3.8) is 0 Å². The van der Waals surface area contributed by atoms with E-state index in [1.807, 2.05) is 25.3 Å². The first kappa shape index (κ1) is 22.9. The number of ether oxygens (including phenoxy) is 3. The van der Waals surface area contributed by atoms with Crippen LogP contribution in [0.3, 0.4) is 0 Å². The van der Waals surface area contributed by atoms with Crippen molar-refractivity contribution in [1.29, 1.82) is 0 Å². The molecular weight excluding hydrogens is 391 g/mol. The van der Waals surface area contributed by atoms with Gasteiger partial charge < -0.3 is 0 Å². The number of hydrogen-bond acceptors (Lipinski definition) is 5. The molecule has 0 atom stereocenters. The van der Waals surface area contributed by atoms with E-state index in [0.29, 0.717) is 29.6 Å². The molecule has 1 aromatic carbocycles. The maximum atomic E-state index is 12.7. The number of pyridine rings is 1. The Labute approximate surface area is 184 Å². The summed E-state index contributed by atoms with van der Waals surface area (Å²) in [6.07, 6.45) is 5.47. The first-order valence-corrected chi connectivity index (χ1v) is 10.4. The van der Waals surface area contributed by atoms with Crippen molar-refractivity contribution in [2.75, 3.05) is 27.4 Å².